The zero-order valence-electron chi connectivity index (χ0n) is 10.1. The number of hydrogen-bond acceptors (Lipinski definition) is 4. The molecule has 0 unspecified atom stereocenters. The molecule has 0 saturated heterocycles. The van der Waals surface area contributed by atoms with E-state index in [1.54, 1.807) is 12.3 Å². The molecular formula is C15H12N2OS. The van der Waals surface area contributed by atoms with Crippen LogP contribution in [0.5, 0.6) is 0 Å². The second kappa shape index (κ2) is 5.63. The molecule has 19 heavy (non-hydrogen) atoms. The van der Waals surface area contributed by atoms with Crippen LogP contribution in [0.15, 0.2) is 81.4 Å². The number of anilines is 2. The van der Waals surface area contributed by atoms with Crippen LogP contribution in [-0.4, -0.2) is 5.16 Å². The molecule has 2 heterocycles. The quantitative estimate of drug-likeness (QED) is 0.507. The van der Waals surface area contributed by atoms with Crippen molar-refractivity contribution in [2.75, 3.05) is 5.32 Å². The molecule has 1 aliphatic heterocycles. The Morgan fingerprint density at radius 2 is 1.47 bits per heavy atom. The van der Waals surface area contributed by atoms with Gasteiger partial charge in [0.05, 0.1) is 17.6 Å². The Morgan fingerprint density at radius 1 is 0.842 bits per heavy atom. The lowest BCUT2D eigenvalue weighted by Gasteiger charge is -2.19. The number of rotatable bonds is 0. The highest BCUT2D eigenvalue weighted by Crippen LogP contribution is 2.43. The monoisotopic (exact) mass is 268 g/mol. The molecule has 4 heteroatoms. The maximum absolute atomic E-state index is 4.33. The van der Waals surface area contributed by atoms with E-state index in [0.29, 0.717) is 0 Å². The van der Waals surface area contributed by atoms with Gasteiger partial charge in [-0.25, -0.2) is 0 Å². The molecule has 0 aliphatic carbocycles. The Bertz CT molecular complexity index is 548. The van der Waals surface area contributed by atoms with Gasteiger partial charge < -0.3 is 9.84 Å². The first-order valence-electron chi connectivity index (χ1n) is 5.91. The van der Waals surface area contributed by atoms with Gasteiger partial charge in [0.25, 0.3) is 0 Å². The summed E-state index contributed by atoms with van der Waals surface area (Å²) in [4.78, 5) is 2.59. The van der Waals surface area contributed by atoms with Crippen molar-refractivity contribution in [1.29, 1.82) is 0 Å². The van der Waals surface area contributed by atoms with E-state index in [4.69, 9.17) is 0 Å². The van der Waals surface area contributed by atoms with E-state index in [2.05, 4.69) is 63.5 Å². The third-order valence-corrected chi connectivity index (χ3v) is 3.76. The van der Waals surface area contributed by atoms with E-state index >= 15 is 0 Å². The third-order valence-electron chi connectivity index (χ3n) is 2.61. The molecule has 0 fully saturated rings. The van der Waals surface area contributed by atoms with Crippen molar-refractivity contribution in [3.8, 4) is 0 Å². The molecule has 0 atom stereocenters. The van der Waals surface area contributed by atoms with Gasteiger partial charge in [0, 0.05) is 9.79 Å². The minimum atomic E-state index is 1.20. The van der Waals surface area contributed by atoms with Crippen molar-refractivity contribution in [2.45, 2.75) is 9.79 Å². The topological polar surface area (TPSA) is 38.1 Å². The van der Waals surface area contributed by atoms with Gasteiger partial charge in [0.2, 0.25) is 0 Å². The Hall–Kier alpha value is -2.20. The largest absolute Gasteiger partial charge is 0.365 e. The normalized spacial score (nSPS) is 11.4. The molecule has 3 nitrogen and oxygen atoms in total. The van der Waals surface area contributed by atoms with Crippen molar-refractivity contribution >= 4 is 23.1 Å². The van der Waals surface area contributed by atoms with Crippen molar-refractivity contribution in [1.82, 2.24) is 5.16 Å². The molecule has 1 N–H and O–H groups in total. The molecule has 3 aromatic rings. The lowest BCUT2D eigenvalue weighted by atomic mass is 10.2. The Morgan fingerprint density at radius 3 is 1.95 bits per heavy atom. The van der Waals surface area contributed by atoms with Gasteiger partial charge in [-0.1, -0.05) is 41.2 Å². The van der Waals surface area contributed by atoms with E-state index in [1.807, 2.05) is 11.8 Å². The summed E-state index contributed by atoms with van der Waals surface area (Å²) in [5.74, 6) is 0. The standard InChI is InChI=1S/C12H9NS.C3H3NO/c1-3-7-11-9(5-1)13-10-6-2-4-8-12(10)14-11;1-2-4-5-3-1/h1-8,13H;1-3H. The van der Waals surface area contributed by atoms with Crippen LogP contribution >= 0.6 is 11.8 Å². The van der Waals surface area contributed by atoms with Gasteiger partial charge in [-0.3, -0.25) is 0 Å². The van der Waals surface area contributed by atoms with Gasteiger partial charge >= 0.3 is 0 Å². The molecule has 1 aromatic heterocycles. The fourth-order valence-electron chi connectivity index (χ4n) is 1.76. The average molecular weight is 268 g/mol. The second-order valence-electron chi connectivity index (χ2n) is 3.91. The van der Waals surface area contributed by atoms with E-state index in [-0.39, 0.29) is 0 Å². The van der Waals surface area contributed by atoms with Gasteiger partial charge in [-0.15, -0.1) is 0 Å². The molecule has 94 valence electrons. The summed E-state index contributed by atoms with van der Waals surface area (Å²) in [6.07, 6.45) is 3.10. The SMILES string of the molecule is c1ccc2c(c1)Nc1ccccc1S2.c1cnoc1. The first-order valence-corrected chi connectivity index (χ1v) is 6.72. The van der Waals surface area contributed by atoms with Crippen molar-refractivity contribution in [2.24, 2.45) is 0 Å². The molecule has 2 aromatic carbocycles. The van der Waals surface area contributed by atoms with E-state index in [1.165, 1.54) is 27.4 Å². The summed E-state index contributed by atoms with van der Waals surface area (Å²) < 4.78 is 4.33. The van der Waals surface area contributed by atoms with Crippen LogP contribution in [0.1, 0.15) is 0 Å². The van der Waals surface area contributed by atoms with Gasteiger partial charge in [0.15, 0.2) is 0 Å². The zero-order valence-corrected chi connectivity index (χ0v) is 10.9. The smallest absolute Gasteiger partial charge is 0.123 e. The number of hydrogen-bond donors (Lipinski definition) is 1. The lowest BCUT2D eigenvalue weighted by Crippen LogP contribution is -1.98. The van der Waals surface area contributed by atoms with Crippen LogP contribution < -0.4 is 5.32 Å². The molecule has 0 spiro atoms. The van der Waals surface area contributed by atoms with Crippen molar-refractivity contribution in [3.05, 3.63) is 67.1 Å². The van der Waals surface area contributed by atoms with E-state index in [9.17, 15) is 0 Å². The fraction of sp³-hybridized carbons (Fsp3) is 0. The molecule has 0 radical (unpaired) electrons. The predicted octanol–water partition coefficient (Wildman–Crippen LogP) is 4.57. The highest BCUT2D eigenvalue weighted by atomic mass is 32.2. The third kappa shape index (κ3) is 2.80. The summed E-state index contributed by atoms with van der Waals surface area (Å²) in [5.41, 5.74) is 2.41. The Labute approximate surface area is 115 Å². The molecular weight excluding hydrogens is 256 g/mol. The predicted molar refractivity (Wildman–Crippen MR) is 76.8 cm³/mol. The highest BCUT2D eigenvalue weighted by molar-refractivity contribution is 7.99. The maximum Gasteiger partial charge on any atom is 0.123 e. The number of nitrogens with zero attached hydrogens (tertiary/aromatic N) is 1. The van der Waals surface area contributed by atoms with Crippen molar-refractivity contribution in [3.63, 3.8) is 0 Å². The molecule has 4 rings (SSSR count). The number of benzene rings is 2. The summed E-state index contributed by atoms with van der Waals surface area (Å²) in [6, 6.07) is 18.5. The van der Waals surface area contributed by atoms with Crippen LogP contribution in [0.3, 0.4) is 0 Å². The molecule has 0 saturated carbocycles. The minimum absolute atomic E-state index is 1.20. The molecule has 0 amide bonds. The number of para-hydroxylation sites is 2. The Balaban J connectivity index is 0.000000187. The fourth-order valence-corrected chi connectivity index (χ4v) is 2.75. The second-order valence-corrected chi connectivity index (χ2v) is 4.99. The molecule has 0 bridgehead atoms. The maximum atomic E-state index is 4.33. The summed E-state index contributed by atoms with van der Waals surface area (Å²) in [7, 11) is 0. The summed E-state index contributed by atoms with van der Waals surface area (Å²) in [5, 5.41) is 6.77. The average Bonchev–Trinajstić information content (AvgIpc) is 3.04. The van der Waals surface area contributed by atoms with E-state index < -0.39 is 0 Å². The van der Waals surface area contributed by atoms with Gasteiger partial charge in [0.1, 0.15) is 6.26 Å². The van der Waals surface area contributed by atoms with Crippen molar-refractivity contribution < 1.29 is 4.52 Å². The van der Waals surface area contributed by atoms with Crippen LogP contribution in [0.25, 0.3) is 0 Å². The van der Waals surface area contributed by atoms with E-state index in [0.717, 1.165) is 0 Å². The lowest BCUT2D eigenvalue weighted by molar-refractivity contribution is 0.420. The first-order chi connectivity index (χ1) is 9.43. The Kier molecular flexibility index (Phi) is 3.51. The first kappa shape index (κ1) is 11.9. The van der Waals surface area contributed by atoms with Gasteiger partial charge in [-0.2, -0.15) is 0 Å². The molecule has 1 aliphatic rings. The summed E-state index contributed by atoms with van der Waals surface area (Å²) in [6.45, 7) is 0. The summed E-state index contributed by atoms with van der Waals surface area (Å²) >= 11 is 1.82. The zero-order chi connectivity index (χ0) is 12.9. The minimum Gasteiger partial charge on any atom is -0.365 e. The van der Waals surface area contributed by atoms with Crippen LogP contribution in [0, 0.1) is 0 Å². The van der Waals surface area contributed by atoms with Gasteiger partial charge in [-0.05, 0) is 30.3 Å². The van der Waals surface area contributed by atoms with Crippen LogP contribution in [0.4, 0.5) is 11.4 Å². The number of aromatic nitrogens is 1. The highest BCUT2D eigenvalue weighted by Gasteiger charge is 2.13. The van der Waals surface area contributed by atoms with Crippen LogP contribution in [0.2, 0.25) is 0 Å². The number of fused-ring (bicyclic) bond motifs is 2. The number of nitrogens with one attached hydrogen (secondary N) is 1. The van der Waals surface area contributed by atoms with Crippen LogP contribution in [-0.2, 0) is 0 Å².